The molecule has 1 aromatic heterocycles. The molecule has 0 bridgehead atoms. The van der Waals surface area contributed by atoms with Gasteiger partial charge in [0.1, 0.15) is 0 Å². The third kappa shape index (κ3) is 2.13. The molecule has 2 atom stereocenters. The number of hydrogen-bond acceptors (Lipinski definition) is 3. The molecule has 3 aliphatic rings. The standard InChI is InChI=1S/C23H21N3O2/c1-13-19(15-9-5-7-11-18(15)26(13)3)21-20(22(27)24-23(21)28)16-12-25(2)17-10-6-4-8-14(16)17/h4-12,14,17H,1-3H3,(H,24,27,28). The fourth-order valence-electron chi connectivity index (χ4n) is 4.70. The molecule has 2 aromatic rings. The van der Waals surface area contributed by atoms with E-state index in [0.29, 0.717) is 11.1 Å². The van der Waals surface area contributed by atoms with Gasteiger partial charge in [0.15, 0.2) is 0 Å². The van der Waals surface area contributed by atoms with Crippen molar-refractivity contribution in [3.8, 4) is 0 Å². The highest BCUT2D eigenvalue weighted by Gasteiger charge is 2.41. The van der Waals surface area contributed by atoms with Crippen LogP contribution in [0.5, 0.6) is 0 Å². The van der Waals surface area contributed by atoms with Crippen LogP contribution in [0.25, 0.3) is 16.5 Å². The van der Waals surface area contributed by atoms with Gasteiger partial charge in [0, 0.05) is 48.4 Å². The molecular formula is C23H21N3O2. The van der Waals surface area contributed by atoms with E-state index in [-0.39, 0.29) is 23.8 Å². The topological polar surface area (TPSA) is 54.3 Å². The van der Waals surface area contributed by atoms with Crippen LogP contribution in [0.1, 0.15) is 11.3 Å². The summed E-state index contributed by atoms with van der Waals surface area (Å²) in [6.07, 6.45) is 10.3. The Morgan fingerprint density at radius 2 is 1.68 bits per heavy atom. The van der Waals surface area contributed by atoms with Gasteiger partial charge >= 0.3 is 0 Å². The minimum atomic E-state index is -0.318. The molecular weight excluding hydrogens is 350 g/mol. The third-order valence-electron chi connectivity index (χ3n) is 6.15. The number of aromatic nitrogens is 1. The Balaban J connectivity index is 1.79. The zero-order valence-electron chi connectivity index (χ0n) is 16.1. The number of imide groups is 1. The summed E-state index contributed by atoms with van der Waals surface area (Å²) in [7, 11) is 4.00. The number of nitrogens with zero attached hydrogens (tertiary/aromatic N) is 2. The van der Waals surface area contributed by atoms with Crippen LogP contribution in [-0.2, 0) is 16.6 Å². The van der Waals surface area contributed by atoms with Gasteiger partial charge < -0.3 is 9.47 Å². The average molecular weight is 371 g/mol. The molecule has 140 valence electrons. The van der Waals surface area contributed by atoms with E-state index in [2.05, 4.69) is 26.9 Å². The summed E-state index contributed by atoms with van der Waals surface area (Å²) in [6, 6.07) is 8.17. The first-order chi connectivity index (χ1) is 13.5. The Labute approximate surface area is 163 Å². The van der Waals surface area contributed by atoms with Gasteiger partial charge in [-0.25, -0.2) is 0 Å². The zero-order chi connectivity index (χ0) is 19.6. The lowest BCUT2D eigenvalue weighted by Gasteiger charge is -2.24. The number of carbonyl (C=O) groups excluding carboxylic acids is 2. The van der Waals surface area contributed by atoms with E-state index in [1.807, 2.05) is 63.6 Å². The quantitative estimate of drug-likeness (QED) is 0.826. The van der Waals surface area contributed by atoms with Crippen LogP contribution in [0.4, 0.5) is 0 Å². The van der Waals surface area contributed by atoms with Crippen LogP contribution in [0.15, 0.2) is 65.9 Å². The Morgan fingerprint density at radius 1 is 0.964 bits per heavy atom. The lowest BCUT2D eigenvalue weighted by Crippen LogP contribution is -2.28. The summed E-state index contributed by atoms with van der Waals surface area (Å²) in [4.78, 5) is 27.9. The maximum Gasteiger partial charge on any atom is 0.259 e. The predicted molar refractivity (Wildman–Crippen MR) is 109 cm³/mol. The summed E-state index contributed by atoms with van der Waals surface area (Å²) >= 11 is 0. The third-order valence-corrected chi connectivity index (χ3v) is 6.15. The monoisotopic (exact) mass is 371 g/mol. The zero-order valence-corrected chi connectivity index (χ0v) is 16.1. The number of rotatable bonds is 2. The van der Waals surface area contributed by atoms with E-state index in [0.717, 1.165) is 27.7 Å². The van der Waals surface area contributed by atoms with Crippen LogP contribution in [0, 0.1) is 12.8 Å². The Hall–Kier alpha value is -3.34. The molecule has 1 aliphatic carbocycles. The van der Waals surface area contributed by atoms with E-state index >= 15 is 0 Å². The first-order valence-electron chi connectivity index (χ1n) is 9.42. The van der Waals surface area contributed by atoms with E-state index in [4.69, 9.17) is 0 Å². The molecule has 5 rings (SSSR count). The number of hydrogen-bond donors (Lipinski definition) is 1. The fraction of sp³-hybridized carbons (Fsp3) is 0.217. The van der Waals surface area contributed by atoms with E-state index in [1.165, 1.54) is 0 Å². The highest BCUT2D eigenvalue weighted by atomic mass is 16.2. The van der Waals surface area contributed by atoms with Crippen molar-refractivity contribution in [3.63, 3.8) is 0 Å². The SMILES string of the molecule is Cc1c(C2=C(C3=CN(C)C4C=CC=CC34)C(=O)NC2=O)c2ccccc2n1C. The number of aryl methyl sites for hydroxylation is 1. The number of carbonyl (C=O) groups is 2. The van der Waals surface area contributed by atoms with E-state index in [1.54, 1.807) is 0 Å². The largest absolute Gasteiger partial charge is 0.373 e. The van der Waals surface area contributed by atoms with Gasteiger partial charge in [-0.05, 0) is 18.6 Å². The van der Waals surface area contributed by atoms with Crippen molar-refractivity contribution in [2.45, 2.75) is 13.0 Å². The summed E-state index contributed by atoms with van der Waals surface area (Å²) < 4.78 is 2.08. The van der Waals surface area contributed by atoms with Crippen molar-refractivity contribution in [1.29, 1.82) is 0 Å². The van der Waals surface area contributed by atoms with Crippen molar-refractivity contribution >= 4 is 28.3 Å². The second-order valence-electron chi connectivity index (χ2n) is 7.61. The van der Waals surface area contributed by atoms with Crippen LogP contribution in [0.3, 0.4) is 0 Å². The number of allylic oxidation sites excluding steroid dienone is 2. The number of likely N-dealkylation sites (N-methyl/N-ethyl adjacent to an activating group) is 1. The van der Waals surface area contributed by atoms with Crippen molar-refractivity contribution in [2.24, 2.45) is 13.0 Å². The Morgan fingerprint density at radius 3 is 2.50 bits per heavy atom. The molecule has 0 spiro atoms. The number of nitrogens with one attached hydrogen (secondary N) is 1. The first-order valence-corrected chi connectivity index (χ1v) is 9.42. The predicted octanol–water partition coefficient (Wildman–Crippen LogP) is 2.84. The van der Waals surface area contributed by atoms with Gasteiger partial charge in [-0.15, -0.1) is 0 Å². The summed E-state index contributed by atoms with van der Waals surface area (Å²) in [5.41, 5.74) is 4.76. The van der Waals surface area contributed by atoms with E-state index in [9.17, 15) is 9.59 Å². The van der Waals surface area contributed by atoms with Gasteiger partial charge in [-0.1, -0.05) is 42.5 Å². The maximum absolute atomic E-state index is 12.9. The van der Waals surface area contributed by atoms with Crippen LogP contribution in [0.2, 0.25) is 0 Å². The first kappa shape index (κ1) is 16.8. The summed E-state index contributed by atoms with van der Waals surface area (Å²) in [6.45, 7) is 2.00. The van der Waals surface area contributed by atoms with Gasteiger partial charge in [0.25, 0.3) is 11.8 Å². The van der Waals surface area contributed by atoms with Crippen LogP contribution >= 0.6 is 0 Å². The molecule has 2 aliphatic heterocycles. The van der Waals surface area contributed by atoms with Gasteiger partial charge in [-0.2, -0.15) is 0 Å². The van der Waals surface area contributed by atoms with Gasteiger partial charge in [0.2, 0.25) is 0 Å². The fourth-order valence-corrected chi connectivity index (χ4v) is 4.70. The van der Waals surface area contributed by atoms with Crippen LogP contribution in [-0.4, -0.2) is 34.4 Å². The van der Waals surface area contributed by atoms with Crippen molar-refractivity contribution < 1.29 is 9.59 Å². The highest BCUT2D eigenvalue weighted by Crippen LogP contribution is 2.42. The molecule has 1 aromatic carbocycles. The maximum atomic E-state index is 12.9. The summed E-state index contributed by atoms with van der Waals surface area (Å²) in [5.74, 6) is -0.565. The number of fused-ring (bicyclic) bond motifs is 2. The summed E-state index contributed by atoms with van der Waals surface area (Å²) in [5, 5.41) is 3.53. The normalized spacial score (nSPS) is 23.7. The molecule has 28 heavy (non-hydrogen) atoms. The molecule has 3 heterocycles. The smallest absolute Gasteiger partial charge is 0.259 e. The number of para-hydroxylation sites is 1. The van der Waals surface area contributed by atoms with Crippen molar-refractivity contribution in [2.75, 3.05) is 7.05 Å². The molecule has 2 amide bonds. The Bertz CT molecular complexity index is 1180. The molecule has 0 fully saturated rings. The number of amides is 2. The molecule has 1 N–H and O–H groups in total. The second-order valence-corrected chi connectivity index (χ2v) is 7.61. The molecule has 5 heteroatoms. The highest BCUT2D eigenvalue weighted by molar-refractivity contribution is 6.39. The lowest BCUT2D eigenvalue weighted by atomic mass is 9.84. The second kappa shape index (κ2) is 5.83. The molecule has 5 nitrogen and oxygen atoms in total. The lowest BCUT2D eigenvalue weighted by molar-refractivity contribution is -0.123. The molecule has 2 unspecified atom stereocenters. The molecule has 0 saturated heterocycles. The van der Waals surface area contributed by atoms with Gasteiger partial charge in [0.05, 0.1) is 17.2 Å². The number of benzene rings is 1. The van der Waals surface area contributed by atoms with Gasteiger partial charge in [-0.3, -0.25) is 14.9 Å². The average Bonchev–Trinajstić information content (AvgIpc) is 3.26. The minimum Gasteiger partial charge on any atom is -0.373 e. The van der Waals surface area contributed by atoms with E-state index < -0.39 is 0 Å². The van der Waals surface area contributed by atoms with Crippen LogP contribution < -0.4 is 5.32 Å². The Kier molecular flexibility index (Phi) is 3.50. The molecule has 0 saturated carbocycles. The minimum absolute atomic E-state index is 0.0620. The molecule has 0 radical (unpaired) electrons. The van der Waals surface area contributed by atoms with Crippen molar-refractivity contribution in [1.82, 2.24) is 14.8 Å². The van der Waals surface area contributed by atoms with Crippen molar-refractivity contribution in [3.05, 3.63) is 77.2 Å².